The van der Waals surface area contributed by atoms with Gasteiger partial charge in [-0.1, -0.05) is 12.1 Å². The standard InChI is InChI=1S/C16H12N2O/c17-10-12-2-1-3-13(8-12)11-19-15-4-5-16-14(9-15)6-7-18-16/h1-9,18H,11H2. The molecule has 92 valence electrons. The van der Waals surface area contributed by atoms with Crippen molar-refractivity contribution in [1.29, 1.82) is 5.26 Å². The minimum atomic E-state index is 0.464. The first-order chi connectivity index (χ1) is 9.35. The van der Waals surface area contributed by atoms with Crippen molar-refractivity contribution in [3.63, 3.8) is 0 Å². The molecule has 3 heteroatoms. The van der Waals surface area contributed by atoms with Gasteiger partial charge in [-0.25, -0.2) is 0 Å². The number of hydrogen-bond acceptors (Lipinski definition) is 2. The second-order valence-corrected chi connectivity index (χ2v) is 4.33. The molecule has 3 rings (SSSR count). The van der Waals surface area contributed by atoms with Crippen molar-refractivity contribution in [2.75, 3.05) is 0 Å². The monoisotopic (exact) mass is 248 g/mol. The third kappa shape index (κ3) is 2.43. The number of aromatic nitrogens is 1. The van der Waals surface area contributed by atoms with E-state index in [4.69, 9.17) is 10.00 Å². The highest BCUT2D eigenvalue weighted by molar-refractivity contribution is 5.80. The van der Waals surface area contributed by atoms with E-state index in [1.807, 2.05) is 48.7 Å². The van der Waals surface area contributed by atoms with Crippen molar-refractivity contribution in [2.24, 2.45) is 0 Å². The quantitative estimate of drug-likeness (QED) is 0.769. The summed E-state index contributed by atoms with van der Waals surface area (Å²) >= 11 is 0. The van der Waals surface area contributed by atoms with Crippen LogP contribution in [0.25, 0.3) is 10.9 Å². The number of rotatable bonds is 3. The molecule has 0 fully saturated rings. The van der Waals surface area contributed by atoms with Crippen molar-refractivity contribution in [3.05, 3.63) is 65.9 Å². The number of nitrogens with zero attached hydrogens (tertiary/aromatic N) is 1. The third-order valence-electron chi connectivity index (χ3n) is 2.99. The molecule has 0 aliphatic rings. The maximum atomic E-state index is 8.85. The lowest BCUT2D eigenvalue weighted by molar-refractivity contribution is 0.306. The highest BCUT2D eigenvalue weighted by Crippen LogP contribution is 2.20. The Morgan fingerprint density at radius 3 is 2.95 bits per heavy atom. The van der Waals surface area contributed by atoms with Gasteiger partial charge in [-0.15, -0.1) is 0 Å². The van der Waals surface area contributed by atoms with Crippen LogP contribution >= 0.6 is 0 Å². The summed E-state index contributed by atoms with van der Waals surface area (Å²) in [6.45, 7) is 0.464. The van der Waals surface area contributed by atoms with Crippen LogP contribution in [0.3, 0.4) is 0 Å². The van der Waals surface area contributed by atoms with Crippen molar-refractivity contribution in [3.8, 4) is 11.8 Å². The Kier molecular flexibility index (Phi) is 2.91. The minimum Gasteiger partial charge on any atom is -0.489 e. The second kappa shape index (κ2) is 4.87. The average Bonchev–Trinajstić information content (AvgIpc) is 2.93. The highest BCUT2D eigenvalue weighted by Gasteiger charge is 2.00. The summed E-state index contributed by atoms with van der Waals surface area (Å²) in [7, 11) is 0. The molecule has 3 aromatic rings. The van der Waals surface area contributed by atoms with Crippen LogP contribution < -0.4 is 4.74 Å². The summed E-state index contributed by atoms with van der Waals surface area (Å²) in [6, 6.07) is 17.5. The fraction of sp³-hybridized carbons (Fsp3) is 0.0625. The normalized spacial score (nSPS) is 10.3. The van der Waals surface area contributed by atoms with Crippen molar-refractivity contribution in [1.82, 2.24) is 4.98 Å². The van der Waals surface area contributed by atoms with E-state index < -0.39 is 0 Å². The van der Waals surface area contributed by atoms with E-state index in [1.54, 1.807) is 6.07 Å². The van der Waals surface area contributed by atoms with Gasteiger partial charge in [-0.2, -0.15) is 5.26 Å². The SMILES string of the molecule is N#Cc1cccc(COc2ccc3[nH]ccc3c2)c1. The molecule has 2 aromatic carbocycles. The fourth-order valence-electron chi connectivity index (χ4n) is 2.02. The zero-order valence-electron chi connectivity index (χ0n) is 10.3. The van der Waals surface area contributed by atoms with E-state index in [-0.39, 0.29) is 0 Å². The van der Waals surface area contributed by atoms with Crippen LogP contribution in [-0.2, 0) is 6.61 Å². The molecule has 0 radical (unpaired) electrons. The molecule has 0 unspecified atom stereocenters. The van der Waals surface area contributed by atoms with Crippen LogP contribution in [0.5, 0.6) is 5.75 Å². The molecule has 0 atom stereocenters. The number of benzene rings is 2. The number of aromatic amines is 1. The molecular weight excluding hydrogens is 236 g/mol. The molecule has 0 aliphatic carbocycles. The van der Waals surface area contributed by atoms with Gasteiger partial charge in [-0.3, -0.25) is 0 Å². The maximum absolute atomic E-state index is 8.85. The van der Waals surface area contributed by atoms with Gasteiger partial charge in [-0.05, 0) is 42.0 Å². The first-order valence-corrected chi connectivity index (χ1v) is 6.04. The number of hydrogen-bond donors (Lipinski definition) is 1. The van der Waals surface area contributed by atoms with Gasteiger partial charge in [0.05, 0.1) is 11.6 Å². The van der Waals surface area contributed by atoms with E-state index in [0.29, 0.717) is 12.2 Å². The Labute approximate surface area is 111 Å². The zero-order valence-corrected chi connectivity index (χ0v) is 10.3. The van der Waals surface area contributed by atoms with Gasteiger partial charge >= 0.3 is 0 Å². The lowest BCUT2D eigenvalue weighted by atomic mass is 10.1. The largest absolute Gasteiger partial charge is 0.489 e. The molecule has 0 saturated heterocycles. The van der Waals surface area contributed by atoms with Crippen molar-refractivity contribution in [2.45, 2.75) is 6.61 Å². The van der Waals surface area contributed by atoms with E-state index in [9.17, 15) is 0 Å². The summed E-state index contributed by atoms with van der Waals surface area (Å²) < 4.78 is 5.75. The number of ether oxygens (including phenoxy) is 1. The van der Waals surface area contributed by atoms with E-state index in [2.05, 4.69) is 11.1 Å². The molecule has 3 nitrogen and oxygen atoms in total. The fourth-order valence-corrected chi connectivity index (χ4v) is 2.02. The van der Waals surface area contributed by atoms with E-state index >= 15 is 0 Å². The predicted octanol–water partition coefficient (Wildman–Crippen LogP) is 3.62. The molecule has 0 saturated carbocycles. The summed E-state index contributed by atoms with van der Waals surface area (Å²) in [5.74, 6) is 0.828. The first kappa shape index (κ1) is 11.4. The lowest BCUT2D eigenvalue weighted by Crippen LogP contribution is -1.95. The smallest absolute Gasteiger partial charge is 0.120 e. The van der Waals surface area contributed by atoms with Crippen molar-refractivity contribution >= 4 is 10.9 Å². The summed E-state index contributed by atoms with van der Waals surface area (Å²) in [4.78, 5) is 3.14. The third-order valence-corrected chi connectivity index (χ3v) is 2.99. The number of fused-ring (bicyclic) bond motifs is 1. The Bertz CT molecular complexity index is 753. The van der Waals surface area contributed by atoms with Gasteiger partial charge in [0.1, 0.15) is 12.4 Å². The van der Waals surface area contributed by atoms with Gasteiger partial charge < -0.3 is 9.72 Å². The average molecular weight is 248 g/mol. The summed E-state index contributed by atoms with van der Waals surface area (Å²) in [5, 5.41) is 9.98. The Balaban J connectivity index is 1.76. The number of nitriles is 1. The molecular formula is C16H12N2O. The molecule has 0 amide bonds. The van der Waals surface area contributed by atoms with Gasteiger partial charge in [0.2, 0.25) is 0 Å². The first-order valence-electron chi connectivity index (χ1n) is 6.04. The van der Waals surface area contributed by atoms with Crippen molar-refractivity contribution < 1.29 is 4.74 Å². The summed E-state index contributed by atoms with van der Waals surface area (Å²) in [6.07, 6.45) is 1.91. The van der Waals surface area contributed by atoms with E-state index in [0.717, 1.165) is 22.2 Å². The van der Waals surface area contributed by atoms with Gasteiger partial charge in [0.25, 0.3) is 0 Å². The van der Waals surface area contributed by atoms with E-state index in [1.165, 1.54) is 0 Å². The zero-order chi connectivity index (χ0) is 13.1. The highest BCUT2D eigenvalue weighted by atomic mass is 16.5. The molecule has 19 heavy (non-hydrogen) atoms. The molecule has 1 N–H and O–H groups in total. The Morgan fingerprint density at radius 1 is 1.11 bits per heavy atom. The molecule has 1 heterocycles. The van der Waals surface area contributed by atoms with Gasteiger partial charge in [0.15, 0.2) is 0 Å². The molecule has 0 spiro atoms. The topological polar surface area (TPSA) is 48.8 Å². The van der Waals surface area contributed by atoms with Crippen LogP contribution in [0, 0.1) is 11.3 Å². The van der Waals surface area contributed by atoms with Crippen LogP contribution in [0.1, 0.15) is 11.1 Å². The second-order valence-electron chi connectivity index (χ2n) is 4.33. The molecule has 0 bridgehead atoms. The Morgan fingerprint density at radius 2 is 2.05 bits per heavy atom. The van der Waals surface area contributed by atoms with Crippen LogP contribution in [-0.4, -0.2) is 4.98 Å². The minimum absolute atomic E-state index is 0.464. The lowest BCUT2D eigenvalue weighted by Gasteiger charge is -2.06. The maximum Gasteiger partial charge on any atom is 0.120 e. The molecule has 0 aliphatic heterocycles. The number of H-pyrrole nitrogens is 1. The predicted molar refractivity (Wildman–Crippen MR) is 73.8 cm³/mol. The van der Waals surface area contributed by atoms with Crippen LogP contribution in [0.2, 0.25) is 0 Å². The van der Waals surface area contributed by atoms with Crippen LogP contribution in [0.15, 0.2) is 54.7 Å². The van der Waals surface area contributed by atoms with Gasteiger partial charge in [0, 0.05) is 17.1 Å². The molecule has 1 aromatic heterocycles. The number of nitrogens with one attached hydrogen (secondary N) is 1. The van der Waals surface area contributed by atoms with Crippen LogP contribution in [0.4, 0.5) is 0 Å². The summed E-state index contributed by atoms with van der Waals surface area (Å²) in [5.41, 5.74) is 2.74. The Hall–Kier alpha value is -2.73.